The smallest absolute Gasteiger partial charge is 0.398 e. The van der Waals surface area contributed by atoms with E-state index in [1.165, 1.54) is 0 Å². The highest BCUT2D eigenvalue weighted by Gasteiger charge is 2.63. The van der Waals surface area contributed by atoms with Crippen LogP contribution >= 0.6 is 0 Å². The molecule has 0 spiro atoms. The van der Waals surface area contributed by atoms with Gasteiger partial charge in [-0.25, -0.2) is 0 Å². The number of esters is 2. The molecule has 2 heterocycles. The van der Waals surface area contributed by atoms with E-state index >= 15 is 0 Å². The Kier molecular flexibility index (Phi) is 5.41. The van der Waals surface area contributed by atoms with Crippen molar-refractivity contribution in [2.24, 2.45) is 23.2 Å². The zero-order valence-corrected chi connectivity index (χ0v) is 16.0. The lowest BCUT2D eigenvalue weighted by atomic mass is 9.58. The van der Waals surface area contributed by atoms with Crippen LogP contribution in [0.15, 0.2) is 0 Å². The van der Waals surface area contributed by atoms with Crippen LogP contribution in [0.5, 0.6) is 0 Å². The molecule has 4 aliphatic rings. The van der Waals surface area contributed by atoms with Gasteiger partial charge in [-0.3, -0.25) is 18.9 Å². The fourth-order valence-electron chi connectivity index (χ4n) is 4.54. The molecule has 5 unspecified atom stereocenters. The largest absolute Gasteiger partial charge is 0.465 e. The van der Waals surface area contributed by atoms with Crippen molar-refractivity contribution in [2.75, 3.05) is 6.61 Å². The molecule has 2 aliphatic carbocycles. The van der Waals surface area contributed by atoms with E-state index < -0.39 is 75.8 Å². The molecule has 0 aromatic heterocycles. The topological polar surface area (TPSA) is 124 Å². The Hall–Kier alpha value is -1.83. The minimum Gasteiger partial charge on any atom is -0.465 e. The van der Waals surface area contributed by atoms with Crippen LogP contribution in [0.3, 0.4) is 0 Å². The molecule has 2 saturated heterocycles. The van der Waals surface area contributed by atoms with E-state index in [9.17, 15) is 44.8 Å². The van der Waals surface area contributed by atoms with Gasteiger partial charge in [-0.1, -0.05) is 0 Å². The SMILES string of the molecule is O=C1OC2CC3CC(C(=O)OCCC(C(F)(F)F)C(F)(F)S(=O)(=O)O)(C2)CC1C3=O. The van der Waals surface area contributed by atoms with Crippen LogP contribution in [0, 0.1) is 23.2 Å². The summed E-state index contributed by atoms with van der Waals surface area (Å²) in [5.41, 5.74) is -1.38. The maximum Gasteiger partial charge on any atom is 0.398 e. The Bertz CT molecular complexity index is 869. The van der Waals surface area contributed by atoms with E-state index in [0.29, 0.717) is 0 Å². The molecule has 170 valence electrons. The van der Waals surface area contributed by atoms with Crippen LogP contribution in [0.25, 0.3) is 0 Å². The maximum absolute atomic E-state index is 13.6. The summed E-state index contributed by atoms with van der Waals surface area (Å²) >= 11 is 0. The lowest BCUT2D eigenvalue weighted by molar-refractivity contribution is -0.224. The highest BCUT2D eigenvalue weighted by molar-refractivity contribution is 7.86. The summed E-state index contributed by atoms with van der Waals surface area (Å²) < 4.78 is 106. The summed E-state index contributed by atoms with van der Waals surface area (Å²) in [6.45, 7) is -1.21. The first-order chi connectivity index (χ1) is 13.6. The van der Waals surface area contributed by atoms with Crippen molar-refractivity contribution in [1.82, 2.24) is 0 Å². The summed E-state index contributed by atoms with van der Waals surface area (Å²) in [6, 6.07) is 0. The summed E-state index contributed by atoms with van der Waals surface area (Å²) in [5, 5.41) is -5.54. The average Bonchev–Trinajstić information content (AvgIpc) is 2.73. The van der Waals surface area contributed by atoms with E-state index in [-0.39, 0.29) is 31.5 Å². The normalized spacial score (nSPS) is 32.5. The van der Waals surface area contributed by atoms with Crippen LogP contribution in [0.2, 0.25) is 0 Å². The van der Waals surface area contributed by atoms with Gasteiger partial charge in [-0.2, -0.15) is 30.4 Å². The van der Waals surface area contributed by atoms with Gasteiger partial charge in [0.15, 0.2) is 0 Å². The van der Waals surface area contributed by atoms with Crippen molar-refractivity contribution in [1.29, 1.82) is 0 Å². The first-order valence-electron chi connectivity index (χ1n) is 8.91. The lowest BCUT2D eigenvalue weighted by Gasteiger charge is -2.43. The second-order valence-electron chi connectivity index (χ2n) is 7.89. The number of ketones is 1. The summed E-state index contributed by atoms with van der Waals surface area (Å²) in [4.78, 5) is 36.8. The zero-order chi connectivity index (χ0) is 22.7. The molecule has 8 nitrogen and oxygen atoms in total. The Morgan fingerprint density at radius 2 is 1.83 bits per heavy atom. The molecule has 2 aliphatic heterocycles. The van der Waals surface area contributed by atoms with Gasteiger partial charge >= 0.3 is 33.5 Å². The molecular weight excluding hydrogens is 447 g/mol. The third-order valence-electron chi connectivity index (χ3n) is 5.93. The number of halogens is 5. The van der Waals surface area contributed by atoms with Crippen LogP contribution in [-0.2, 0) is 34.0 Å². The van der Waals surface area contributed by atoms with Crippen molar-refractivity contribution < 1.29 is 58.8 Å². The van der Waals surface area contributed by atoms with Gasteiger partial charge in [0.05, 0.1) is 12.0 Å². The first kappa shape index (κ1) is 22.8. The predicted octanol–water partition coefficient (Wildman–Crippen LogP) is 1.88. The van der Waals surface area contributed by atoms with Crippen molar-refractivity contribution in [3.05, 3.63) is 0 Å². The summed E-state index contributed by atoms with van der Waals surface area (Å²) in [6.07, 6.45) is -8.13. The number of fused-ring (bicyclic) bond motifs is 1. The van der Waals surface area contributed by atoms with Gasteiger partial charge in [-0.15, -0.1) is 0 Å². The van der Waals surface area contributed by atoms with Crippen molar-refractivity contribution in [3.63, 3.8) is 0 Å². The second-order valence-corrected chi connectivity index (χ2v) is 9.39. The molecule has 1 N–H and O–H groups in total. The predicted molar refractivity (Wildman–Crippen MR) is 84.4 cm³/mol. The number of Topliss-reactive ketones (excluding diaryl/α,β-unsaturated/α-hetero) is 1. The number of ether oxygens (including phenoxy) is 2. The van der Waals surface area contributed by atoms with Crippen LogP contribution < -0.4 is 0 Å². The van der Waals surface area contributed by atoms with Crippen molar-refractivity contribution >= 4 is 27.8 Å². The molecule has 2 saturated carbocycles. The fraction of sp³-hybridized carbons (Fsp3) is 0.812. The number of carbonyl (C=O) groups is 3. The number of carbonyl (C=O) groups excluding carboxylic acids is 3. The standard InChI is InChI=1S/C16H17F5O8S/c17-15(18,19)10(16(20,21)30(25,26)27)1-2-28-13(24)14-4-7-3-8(5-14)29-12(23)9(6-14)11(7)22/h7-10H,1-6H2,(H,25,26,27). The van der Waals surface area contributed by atoms with E-state index in [4.69, 9.17) is 14.0 Å². The monoisotopic (exact) mass is 464 g/mol. The van der Waals surface area contributed by atoms with Crippen molar-refractivity contribution in [2.45, 2.75) is 49.6 Å². The van der Waals surface area contributed by atoms with E-state index in [1.807, 2.05) is 0 Å². The molecule has 4 fully saturated rings. The second kappa shape index (κ2) is 7.11. The summed E-state index contributed by atoms with van der Waals surface area (Å²) in [5.74, 6) is -7.89. The Labute approximate surface area is 166 Å². The first-order valence-corrected chi connectivity index (χ1v) is 10.4. The van der Waals surface area contributed by atoms with Gasteiger partial charge in [0, 0.05) is 18.8 Å². The quantitative estimate of drug-likeness (QED) is 0.274. The Morgan fingerprint density at radius 3 is 2.40 bits per heavy atom. The van der Waals surface area contributed by atoms with E-state index in [2.05, 4.69) is 0 Å². The molecule has 0 aromatic rings. The minimum absolute atomic E-state index is 0.00180. The van der Waals surface area contributed by atoms with Gasteiger partial charge in [0.1, 0.15) is 23.7 Å². The molecule has 4 rings (SSSR count). The molecule has 0 amide bonds. The highest BCUT2D eigenvalue weighted by atomic mass is 32.2. The van der Waals surface area contributed by atoms with Gasteiger partial charge in [0.25, 0.3) is 0 Å². The molecule has 4 bridgehead atoms. The molecule has 0 aromatic carbocycles. The number of hydrogen-bond donors (Lipinski definition) is 1. The van der Waals surface area contributed by atoms with Gasteiger partial charge < -0.3 is 9.47 Å². The fourth-order valence-corrected chi connectivity index (χ4v) is 5.16. The van der Waals surface area contributed by atoms with Crippen molar-refractivity contribution in [3.8, 4) is 0 Å². The zero-order valence-electron chi connectivity index (χ0n) is 15.2. The third-order valence-corrected chi connectivity index (χ3v) is 6.90. The Morgan fingerprint density at radius 1 is 1.20 bits per heavy atom. The maximum atomic E-state index is 13.6. The molecule has 14 heteroatoms. The Balaban J connectivity index is 1.72. The van der Waals surface area contributed by atoms with E-state index in [1.54, 1.807) is 0 Å². The van der Waals surface area contributed by atoms with Gasteiger partial charge in [-0.05, 0) is 19.3 Å². The van der Waals surface area contributed by atoms with Crippen LogP contribution in [0.4, 0.5) is 22.0 Å². The van der Waals surface area contributed by atoms with E-state index in [0.717, 1.165) is 0 Å². The number of hydrogen-bond acceptors (Lipinski definition) is 7. The van der Waals surface area contributed by atoms with Crippen LogP contribution in [-0.4, -0.2) is 54.8 Å². The molecule has 30 heavy (non-hydrogen) atoms. The number of rotatable bonds is 6. The lowest BCUT2D eigenvalue weighted by Crippen LogP contribution is -2.50. The minimum atomic E-state index is -6.37. The molecule has 0 radical (unpaired) electrons. The number of alkyl halides is 5. The average molecular weight is 464 g/mol. The van der Waals surface area contributed by atoms with Crippen LogP contribution in [0.1, 0.15) is 32.1 Å². The highest BCUT2D eigenvalue weighted by Crippen LogP contribution is 2.53. The molecule has 5 atom stereocenters. The van der Waals surface area contributed by atoms with Gasteiger partial charge in [0.2, 0.25) is 0 Å². The molecular formula is C16H17F5O8S. The third kappa shape index (κ3) is 3.79. The summed E-state index contributed by atoms with van der Waals surface area (Å²) in [7, 11) is -6.37.